The minimum Gasteiger partial charge on any atom is -0.378 e. The second kappa shape index (κ2) is 9.64. The van der Waals surface area contributed by atoms with Gasteiger partial charge in [-0.2, -0.15) is 0 Å². The number of carbonyl (C=O) groups excluding carboxylic acids is 1. The quantitative estimate of drug-likeness (QED) is 0.810. The molecule has 1 saturated heterocycles. The van der Waals surface area contributed by atoms with Crippen LogP contribution < -0.4 is 10.2 Å². The molecule has 5 heteroatoms. The minimum absolute atomic E-state index is 0.0668. The minimum atomic E-state index is -0.0668. The second-order valence-electron chi connectivity index (χ2n) is 6.42. The zero-order valence-corrected chi connectivity index (χ0v) is 16.0. The number of thioether (sulfide) groups is 1. The van der Waals surface area contributed by atoms with Crippen molar-refractivity contribution in [1.29, 1.82) is 0 Å². The Balaban J connectivity index is 1.43. The van der Waals surface area contributed by atoms with Crippen LogP contribution in [0, 0.1) is 0 Å². The van der Waals surface area contributed by atoms with Crippen LogP contribution in [0.3, 0.4) is 0 Å². The van der Waals surface area contributed by atoms with Gasteiger partial charge in [0.25, 0.3) is 0 Å². The van der Waals surface area contributed by atoms with Crippen LogP contribution in [0.5, 0.6) is 0 Å². The number of morpholine rings is 1. The van der Waals surface area contributed by atoms with Gasteiger partial charge in [0.2, 0.25) is 5.91 Å². The van der Waals surface area contributed by atoms with E-state index in [4.69, 9.17) is 4.74 Å². The first-order valence-electron chi connectivity index (χ1n) is 9.07. The van der Waals surface area contributed by atoms with E-state index in [-0.39, 0.29) is 11.2 Å². The Morgan fingerprint density at radius 2 is 1.77 bits per heavy atom. The van der Waals surface area contributed by atoms with Crippen molar-refractivity contribution in [2.45, 2.75) is 24.5 Å². The van der Waals surface area contributed by atoms with E-state index in [0.717, 1.165) is 37.6 Å². The molecule has 1 amide bonds. The van der Waals surface area contributed by atoms with Gasteiger partial charge in [-0.05, 0) is 30.2 Å². The topological polar surface area (TPSA) is 41.6 Å². The molecule has 0 bridgehead atoms. The molecule has 1 aliphatic rings. The highest BCUT2D eigenvalue weighted by molar-refractivity contribution is 7.99. The van der Waals surface area contributed by atoms with Gasteiger partial charge in [-0.25, -0.2) is 0 Å². The number of amides is 1. The third-order valence-corrected chi connectivity index (χ3v) is 5.71. The highest BCUT2D eigenvalue weighted by atomic mass is 32.2. The van der Waals surface area contributed by atoms with Crippen LogP contribution in [-0.4, -0.2) is 37.5 Å². The van der Waals surface area contributed by atoms with Gasteiger partial charge in [-0.1, -0.05) is 42.5 Å². The first-order chi connectivity index (χ1) is 12.7. The molecule has 0 aliphatic carbocycles. The molecule has 0 saturated carbocycles. The van der Waals surface area contributed by atoms with Gasteiger partial charge in [-0.3, -0.25) is 4.79 Å². The number of anilines is 1. The number of hydrogen-bond acceptors (Lipinski definition) is 4. The summed E-state index contributed by atoms with van der Waals surface area (Å²) in [5.74, 6) is 0.937. The van der Waals surface area contributed by atoms with Crippen molar-refractivity contribution in [1.82, 2.24) is 5.32 Å². The lowest BCUT2D eigenvalue weighted by Crippen LogP contribution is -2.36. The first kappa shape index (κ1) is 18.8. The molecule has 1 aliphatic heterocycles. The fraction of sp³-hybridized carbons (Fsp3) is 0.381. The Labute approximate surface area is 159 Å². The average molecular weight is 371 g/mol. The molecule has 26 heavy (non-hydrogen) atoms. The van der Waals surface area contributed by atoms with Gasteiger partial charge in [0.15, 0.2) is 0 Å². The summed E-state index contributed by atoms with van der Waals surface area (Å²) in [7, 11) is 0. The molecular formula is C21H26N2O2S. The summed E-state index contributed by atoms with van der Waals surface area (Å²) in [6.07, 6.45) is 0. The lowest BCUT2D eigenvalue weighted by Gasteiger charge is -2.28. The molecule has 4 nitrogen and oxygen atoms in total. The molecule has 0 radical (unpaired) electrons. The van der Waals surface area contributed by atoms with E-state index in [9.17, 15) is 4.79 Å². The summed E-state index contributed by atoms with van der Waals surface area (Å²) in [4.78, 5) is 14.6. The molecule has 1 atom stereocenters. The molecule has 2 aromatic carbocycles. The highest BCUT2D eigenvalue weighted by Crippen LogP contribution is 2.19. The number of rotatable bonds is 7. The van der Waals surface area contributed by atoms with Crippen molar-refractivity contribution < 1.29 is 9.53 Å². The summed E-state index contributed by atoms with van der Waals surface area (Å²) in [6.45, 7) is 5.98. The molecule has 3 rings (SSSR count). The van der Waals surface area contributed by atoms with Gasteiger partial charge in [0, 0.05) is 31.1 Å². The van der Waals surface area contributed by atoms with Gasteiger partial charge < -0.3 is 15.0 Å². The number of nitrogens with zero attached hydrogens (tertiary/aromatic N) is 1. The standard InChI is InChI=1S/C21H26N2O2S/c1-17(26-16-19-5-3-2-4-6-19)21(24)22-15-18-7-9-20(10-8-18)23-11-13-25-14-12-23/h2-10,17H,11-16H2,1H3,(H,22,24)/t17-/m0/s1. The van der Waals surface area contributed by atoms with Crippen LogP contribution in [0.2, 0.25) is 0 Å². The maximum atomic E-state index is 12.3. The Morgan fingerprint density at radius 1 is 1.08 bits per heavy atom. The summed E-state index contributed by atoms with van der Waals surface area (Å²) in [5, 5.41) is 2.97. The summed E-state index contributed by atoms with van der Waals surface area (Å²) < 4.78 is 5.39. The lowest BCUT2D eigenvalue weighted by molar-refractivity contribution is -0.120. The van der Waals surface area contributed by atoms with Gasteiger partial charge >= 0.3 is 0 Å². The average Bonchev–Trinajstić information content (AvgIpc) is 2.72. The van der Waals surface area contributed by atoms with E-state index >= 15 is 0 Å². The largest absolute Gasteiger partial charge is 0.378 e. The Hall–Kier alpha value is -1.98. The number of benzene rings is 2. The van der Waals surface area contributed by atoms with Crippen LogP contribution in [0.4, 0.5) is 5.69 Å². The first-order valence-corrected chi connectivity index (χ1v) is 10.1. The summed E-state index contributed by atoms with van der Waals surface area (Å²) >= 11 is 1.66. The molecule has 0 spiro atoms. The predicted octanol–water partition coefficient (Wildman–Crippen LogP) is 3.46. The van der Waals surface area contributed by atoms with Crippen molar-refractivity contribution in [2.75, 3.05) is 31.2 Å². The highest BCUT2D eigenvalue weighted by Gasteiger charge is 2.14. The smallest absolute Gasteiger partial charge is 0.233 e. The van der Waals surface area contributed by atoms with Gasteiger partial charge in [0.05, 0.1) is 18.5 Å². The van der Waals surface area contributed by atoms with E-state index in [1.54, 1.807) is 11.8 Å². The fourth-order valence-corrected chi connectivity index (χ4v) is 3.72. The van der Waals surface area contributed by atoms with Crippen LogP contribution >= 0.6 is 11.8 Å². The maximum absolute atomic E-state index is 12.3. The van der Waals surface area contributed by atoms with Gasteiger partial charge in [0.1, 0.15) is 0 Å². The van der Waals surface area contributed by atoms with Crippen LogP contribution in [0.1, 0.15) is 18.1 Å². The molecule has 1 N–H and O–H groups in total. The van der Waals surface area contributed by atoms with Crippen molar-refractivity contribution >= 4 is 23.4 Å². The molecule has 138 valence electrons. The SMILES string of the molecule is C[C@H](SCc1ccccc1)C(=O)NCc1ccc(N2CCOCC2)cc1. The van der Waals surface area contributed by atoms with Gasteiger partial charge in [-0.15, -0.1) is 11.8 Å². The molecule has 0 aromatic heterocycles. The monoisotopic (exact) mass is 370 g/mol. The Kier molecular flexibility index (Phi) is 6.97. The lowest BCUT2D eigenvalue weighted by atomic mass is 10.2. The zero-order valence-electron chi connectivity index (χ0n) is 15.2. The van der Waals surface area contributed by atoms with Crippen LogP contribution in [0.15, 0.2) is 54.6 Å². The van der Waals surface area contributed by atoms with Crippen LogP contribution in [-0.2, 0) is 21.8 Å². The van der Waals surface area contributed by atoms with Crippen LogP contribution in [0.25, 0.3) is 0 Å². The van der Waals surface area contributed by atoms with E-state index in [2.05, 4.69) is 46.6 Å². The third-order valence-electron chi connectivity index (χ3n) is 4.49. The fourth-order valence-electron chi connectivity index (χ4n) is 2.85. The predicted molar refractivity (Wildman–Crippen MR) is 109 cm³/mol. The third kappa shape index (κ3) is 5.51. The molecule has 2 aromatic rings. The van der Waals surface area contributed by atoms with E-state index < -0.39 is 0 Å². The number of nitrogens with one attached hydrogen (secondary N) is 1. The van der Waals surface area contributed by atoms with E-state index in [1.807, 2.05) is 25.1 Å². The molecule has 0 unspecified atom stereocenters. The molecule has 1 heterocycles. The Morgan fingerprint density at radius 3 is 2.46 bits per heavy atom. The second-order valence-corrected chi connectivity index (χ2v) is 7.75. The number of carbonyl (C=O) groups is 1. The normalized spacial score (nSPS) is 15.5. The van der Waals surface area contributed by atoms with E-state index in [0.29, 0.717) is 6.54 Å². The summed E-state index contributed by atoms with van der Waals surface area (Å²) in [5.41, 5.74) is 3.58. The molecule has 1 fully saturated rings. The van der Waals surface area contributed by atoms with Crippen molar-refractivity contribution in [3.63, 3.8) is 0 Å². The van der Waals surface area contributed by atoms with Crippen molar-refractivity contribution in [3.8, 4) is 0 Å². The molecular weight excluding hydrogens is 344 g/mol. The van der Waals surface area contributed by atoms with Crippen molar-refractivity contribution in [3.05, 3.63) is 65.7 Å². The number of hydrogen-bond donors (Lipinski definition) is 1. The van der Waals surface area contributed by atoms with Crippen molar-refractivity contribution in [2.24, 2.45) is 0 Å². The number of ether oxygens (including phenoxy) is 1. The Bertz CT molecular complexity index is 685. The van der Waals surface area contributed by atoms with E-state index in [1.165, 1.54) is 11.3 Å². The maximum Gasteiger partial charge on any atom is 0.233 e. The summed E-state index contributed by atoms with van der Waals surface area (Å²) in [6, 6.07) is 18.7. The zero-order chi connectivity index (χ0) is 18.2.